The van der Waals surface area contributed by atoms with Crippen LogP contribution in [0.2, 0.25) is 0 Å². The Hall–Kier alpha value is -19.6. The quantitative estimate of drug-likeness (QED) is 0.0353. The summed E-state index contributed by atoms with van der Waals surface area (Å²) in [6, 6.07) is 93.6. The minimum absolute atomic E-state index is 0.0227. The zero-order valence-electron chi connectivity index (χ0n) is 78.1. The monoisotopic (exact) mass is 1910 g/mol. The summed E-state index contributed by atoms with van der Waals surface area (Å²) in [5.41, 5.74) is 15.1. The summed E-state index contributed by atoms with van der Waals surface area (Å²) in [4.78, 5) is 150. The first-order valence-electron chi connectivity index (χ1n) is 45.8. The summed E-state index contributed by atoms with van der Waals surface area (Å²) in [5.74, 6) is -1.36. The number of esters is 1. The van der Waals surface area contributed by atoms with Gasteiger partial charge in [-0.2, -0.15) is 0 Å². The molecule has 25 nitrogen and oxygen atoms in total. The van der Waals surface area contributed by atoms with Gasteiger partial charge in [-0.25, -0.2) is 24.0 Å². The van der Waals surface area contributed by atoms with Crippen molar-refractivity contribution in [1.82, 2.24) is 15.0 Å². The average molecular weight is 1910 g/mol. The SMILES string of the molecule is CC(=O)c1oc2ccc3c(C)cc(=O)oc3c2c1-c1ccccc1.Cc1cc(=O)oc2c1ccc1oc(C(=O)CC(=O)OCc3ccccc3)c(-c3ccccc3)c12.Cc1cc(=O)oc2c1ccc1oc(C(=O)c3ccccn3)c(-c3ccccc3)c12.Cc1cc(=O)oc2c1ccc1oc(C(=O)c3cccnc3)c(-c3ccccc3)c12.Cc1cc(=O)oc2c1ccc1oc(C(=O)c3ccncc3)c(-c3ccccc3)c12. The van der Waals surface area contributed by atoms with Gasteiger partial charge in [-0.3, -0.25) is 43.7 Å². The van der Waals surface area contributed by atoms with Crippen molar-refractivity contribution in [2.24, 2.45) is 0 Å². The highest BCUT2D eigenvalue weighted by Crippen LogP contribution is 2.47. The predicted octanol–water partition coefficient (Wildman–Crippen LogP) is 26.0. The van der Waals surface area contributed by atoms with Crippen molar-refractivity contribution in [2.75, 3.05) is 0 Å². The van der Waals surface area contributed by atoms with E-state index >= 15 is 0 Å². The molecule has 145 heavy (non-hydrogen) atoms. The van der Waals surface area contributed by atoms with Crippen molar-refractivity contribution in [3.8, 4) is 55.6 Å². The average Bonchev–Trinajstić information content (AvgIpc) is 1.61. The summed E-state index contributed by atoms with van der Waals surface area (Å²) >= 11 is 0. The molecule has 0 N–H and O–H groups in total. The van der Waals surface area contributed by atoms with E-state index in [2.05, 4.69) is 15.0 Å². The fraction of sp³-hybridized carbons (Fsp3) is 0.0667. The molecule has 0 saturated heterocycles. The second kappa shape index (κ2) is 39.7. The number of fused-ring (bicyclic) bond motifs is 15. The van der Waals surface area contributed by atoms with Crippen molar-refractivity contribution >= 4 is 145 Å². The Morgan fingerprint density at radius 3 is 0.903 bits per heavy atom. The van der Waals surface area contributed by atoms with E-state index in [0.717, 1.165) is 82.6 Å². The van der Waals surface area contributed by atoms with Gasteiger partial charge in [0.15, 0.2) is 34.6 Å². The van der Waals surface area contributed by atoms with Crippen LogP contribution in [0.15, 0.2) is 415 Å². The predicted molar refractivity (Wildman–Crippen MR) is 550 cm³/mol. The van der Waals surface area contributed by atoms with Crippen LogP contribution in [-0.2, 0) is 16.1 Å². The lowest BCUT2D eigenvalue weighted by Gasteiger charge is -2.06. The number of aryl methyl sites for hydroxylation is 5. The van der Waals surface area contributed by atoms with E-state index in [4.69, 9.17) is 48.9 Å². The third-order valence-corrected chi connectivity index (χ3v) is 24.7. The van der Waals surface area contributed by atoms with Crippen LogP contribution in [-0.4, -0.2) is 49.8 Å². The summed E-state index contributed by atoms with van der Waals surface area (Å²) < 4.78 is 62.8. The van der Waals surface area contributed by atoms with Gasteiger partial charge in [-0.1, -0.05) is 188 Å². The second-order valence-corrected chi connectivity index (χ2v) is 34.2. The summed E-state index contributed by atoms with van der Waals surface area (Å²) in [7, 11) is 0. The van der Waals surface area contributed by atoms with Crippen LogP contribution in [0.4, 0.5) is 0 Å². The lowest BCUT2D eigenvalue weighted by Crippen LogP contribution is -2.11. The van der Waals surface area contributed by atoms with E-state index in [9.17, 15) is 52.7 Å². The summed E-state index contributed by atoms with van der Waals surface area (Å²) in [6.45, 7) is 10.8. The Morgan fingerprint density at radius 1 is 0.276 bits per heavy atom. The molecule has 24 aromatic rings. The molecular weight excluding hydrogens is 1840 g/mol. The fourth-order valence-electron chi connectivity index (χ4n) is 18.0. The van der Waals surface area contributed by atoms with Gasteiger partial charge in [0.05, 0.1) is 26.9 Å². The number of ketones is 5. The standard InChI is InChI=1S/C28H20O6.3C24H15NO4.C20H14O4/c1-17-14-24(31)34-27-20(17)12-13-22-26(27)25(19-10-6-3-7-11-19)28(33-22)21(29)15-23(30)32-16-18-8-4-2-5-9-18;1-14-13-19(26)29-23-16(14)10-11-18-21(23)20(15-7-3-2-4-8-15)24(28-18)22(27)17-9-5-6-12-25-17;1-14-12-19(26)29-23-17(14)9-10-18-21(23)20(15-6-3-2-4-7-15)24(28-18)22(27)16-8-5-11-25-13-16;1-14-13-19(26)29-23-17(14)7-8-18-21(23)20(15-5-3-2-4-6-15)24(28-18)22(27)16-9-11-25-12-10-16;1-11-10-16(22)24-20-14(11)8-9-15-18(20)17(19(23-15)12(2)21)13-6-4-3-5-7-13/h2-14H,15-16H2,1H3;3*2-13H,1H3;3-10H,1-2H3. The highest BCUT2D eigenvalue weighted by Gasteiger charge is 2.33. The molecule has 0 bridgehead atoms. The molecule has 0 radical (unpaired) electrons. The van der Waals surface area contributed by atoms with E-state index in [0.29, 0.717) is 127 Å². The Kier molecular flexibility index (Phi) is 25.5. The molecular formula is C120H79N3O22. The molecule has 25 heteroatoms. The van der Waals surface area contributed by atoms with Crippen molar-refractivity contribution in [3.63, 3.8) is 0 Å². The number of ether oxygens (including phenoxy) is 1. The van der Waals surface area contributed by atoms with Crippen molar-refractivity contribution in [2.45, 2.75) is 54.6 Å². The van der Waals surface area contributed by atoms with Crippen molar-refractivity contribution < 1.29 is 77.7 Å². The number of carbonyl (C=O) groups excluding carboxylic acids is 6. The zero-order chi connectivity index (χ0) is 100. The second-order valence-electron chi connectivity index (χ2n) is 34.2. The van der Waals surface area contributed by atoms with Gasteiger partial charge >= 0.3 is 34.1 Å². The minimum Gasteiger partial charge on any atom is -0.460 e. The number of benzene rings is 11. The van der Waals surface area contributed by atoms with Crippen LogP contribution < -0.4 is 28.1 Å². The minimum atomic E-state index is -0.652. The van der Waals surface area contributed by atoms with E-state index in [1.807, 2.05) is 247 Å². The third kappa shape index (κ3) is 18.4. The summed E-state index contributed by atoms with van der Waals surface area (Å²) in [5, 5.41) is 6.99. The first-order chi connectivity index (χ1) is 70.5. The Morgan fingerprint density at radius 2 is 0.579 bits per heavy atom. The number of furan rings is 5. The molecule has 11 aromatic carbocycles. The zero-order valence-corrected chi connectivity index (χ0v) is 78.1. The fourth-order valence-corrected chi connectivity index (χ4v) is 18.0. The first kappa shape index (κ1) is 93.1. The number of nitrogens with zero attached hydrogens (tertiary/aromatic N) is 3. The highest BCUT2D eigenvalue weighted by atomic mass is 16.5. The highest BCUT2D eigenvalue weighted by molar-refractivity contribution is 6.25. The maximum atomic E-state index is 13.3. The lowest BCUT2D eigenvalue weighted by molar-refractivity contribution is -0.143. The molecule has 13 aromatic heterocycles. The van der Waals surface area contributed by atoms with Gasteiger partial charge in [0.25, 0.3) is 0 Å². The molecule has 0 unspecified atom stereocenters. The van der Waals surface area contributed by atoms with Gasteiger partial charge < -0.3 is 48.9 Å². The number of hydrogen-bond acceptors (Lipinski definition) is 25. The molecule has 0 aliphatic rings. The van der Waals surface area contributed by atoms with E-state index in [1.165, 1.54) is 43.5 Å². The molecule has 0 atom stereocenters. The normalized spacial score (nSPS) is 11.2. The van der Waals surface area contributed by atoms with E-state index < -0.39 is 46.3 Å². The largest absolute Gasteiger partial charge is 0.460 e. The number of Topliss-reactive ketones (excluding diaryl/α,β-unsaturated/α-hetero) is 2. The van der Waals surface area contributed by atoms with Crippen molar-refractivity contribution in [1.29, 1.82) is 0 Å². The number of pyridine rings is 3. The van der Waals surface area contributed by atoms with Gasteiger partial charge in [0, 0.05) is 134 Å². The molecule has 24 rings (SSSR count). The maximum absolute atomic E-state index is 13.3. The molecule has 13 heterocycles. The Labute approximate surface area is 820 Å². The molecule has 0 saturated carbocycles. The van der Waals surface area contributed by atoms with Gasteiger partial charge in [0.1, 0.15) is 74.6 Å². The Bertz CT molecular complexity index is 9040. The van der Waals surface area contributed by atoms with Gasteiger partial charge in [0.2, 0.25) is 23.1 Å². The number of rotatable bonds is 17. The molecule has 0 fully saturated rings. The molecule has 0 amide bonds. The van der Waals surface area contributed by atoms with Crippen LogP contribution in [0.25, 0.3) is 165 Å². The van der Waals surface area contributed by atoms with Crippen LogP contribution in [0, 0.1) is 34.6 Å². The molecule has 0 spiro atoms. The summed E-state index contributed by atoms with van der Waals surface area (Å²) in [6.07, 6.45) is 7.33. The third-order valence-electron chi connectivity index (χ3n) is 24.7. The van der Waals surface area contributed by atoms with E-state index in [-0.39, 0.29) is 64.2 Å². The van der Waals surface area contributed by atoms with Crippen LogP contribution in [0.3, 0.4) is 0 Å². The maximum Gasteiger partial charge on any atom is 0.336 e. The van der Waals surface area contributed by atoms with Crippen LogP contribution >= 0.6 is 0 Å². The lowest BCUT2D eigenvalue weighted by atomic mass is 9.97. The molecule has 0 aliphatic heterocycles. The van der Waals surface area contributed by atoms with Gasteiger partial charge in [-0.15, -0.1) is 0 Å². The number of aromatic nitrogens is 3. The Balaban J connectivity index is 0.000000111. The number of hydrogen-bond donors (Lipinski definition) is 0. The molecule has 706 valence electrons. The van der Waals surface area contributed by atoms with Crippen LogP contribution in [0.5, 0.6) is 0 Å². The molecule has 0 aliphatic carbocycles. The first-order valence-corrected chi connectivity index (χ1v) is 45.8. The van der Waals surface area contributed by atoms with Crippen molar-refractivity contribution in [3.05, 3.63) is 478 Å². The smallest absolute Gasteiger partial charge is 0.336 e. The van der Waals surface area contributed by atoms with Crippen LogP contribution in [0.1, 0.15) is 116 Å². The number of carbonyl (C=O) groups is 6. The topological polar surface area (TPSA) is 367 Å². The van der Waals surface area contributed by atoms with Gasteiger partial charge in [-0.05, 0) is 193 Å². The van der Waals surface area contributed by atoms with E-state index in [1.54, 1.807) is 97.6 Å².